The van der Waals surface area contributed by atoms with Crippen LogP contribution in [0.15, 0.2) is 164 Å². The van der Waals surface area contributed by atoms with Gasteiger partial charge < -0.3 is 14.7 Å². The molecule has 0 saturated heterocycles. The molecule has 2 atom stereocenters. The Kier molecular flexibility index (Phi) is 9.94. The lowest BCUT2D eigenvalue weighted by atomic mass is 9.33. The van der Waals surface area contributed by atoms with Crippen LogP contribution in [0.5, 0.6) is 0 Å². The van der Waals surface area contributed by atoms with Gasteiger partial charge in [-0.15, -0.1) is 0 Å². The minimum atomic E-state index is -0.375. The van der Waals surface area contributed by atoms with Crippen molar-refractivity contribution in [3.05, 3.63) is 203 Å². The lowest BCUT2D eigenvalue weighted by Crippen LogP contribution is -2.61. The van der Waals surface area contributed by atoms with Crippen LogP contribution in [0.4, 0.5) is 45.5 Å². The summed E-state index contributed by atoms with van der Waals surface area (Å²) < 4.78 is 0. The number of nitrogens with zero attached hydrogens (tertiary/aromatic N) is 4. The maximum atomic E-state index is 4.83. The van der Waals surface area contributed by atoms with Crippen molar-refractivity contribution in [3.63, 3.8) is 0 Å². The average Bonchev–Trinajstić information content (AvgIpc) is 3.56. The standard InChI is InChI=1S/C66H67BN4/c1-42-36-59-61-60(37-42)70(49-20-17-19-46(39-49)63(5,6)7)57-40-47(64(8,9)10)26-30-53(57)67(61)54-31-29-50(41-58(54)69(59)48-27-24-45(25-28-48)62(2,3)4)71-56-32-23-44(55-22-15-16-35-68-55)38-52(56)65(11)34-33-43-18-13-14-21-51(43)66(65,71)12/h13-32,35-41H,33-34H2,1-12H3. The third-order valence-corrected chi connectivity index (χ3v) is 17.0. The Balaban J connectivity index is 1.13. The van der Waals surface area contributed by atoms with Crippen molar-refractivity contribution in [3.8, 4) is 11.3 Å². The average molecular weight is 927 g/mol. The number of anilines is 8. The summed E-state index contributed by atoms with van der Waals surface area (Å²) in [5.41, 5.74) is 24.9. The molecule has 12 rings (SSSR count). The lowest BCUT2D eigenvalue weighted by molar-refractivity contribution is 0.245. The Morgan fingerprint density at radius 2 is 1.11 bits per heavy atom. The van der Waals surface area contributed by atoms with Crippen LogP contribution in [-0.2, 0) is 33.6 Å². The maximum absolute atomic E-state index is 4.83. The van der Waals surface area contributed by atoms with Gasteiger partial charge in [0.25, 0.3) is 6.71 Å². The molecule has 0 radical (unpaired) electrons. The lowest BCUT2D eigenvalue weighted by Gasteiger charge is -2.51. The van der Waals surface area contributed by atoms with Gasteiger partial charge in [-0.2, -0.15) is 0 Å². The molecule has 0 saturated carbocycles. The molecular weight excluding hydrogens is 860 g/mol. The number of rotatable bonds is 4. The topological polar surface area (TPSA) is 22.6 Å². The Labute approximate surface area is 423 Å². The van der Waals surface area contributed by atoms with Crippen molar-refractivity contribution in [2.75, 3.05) is 14.7 Å². The van der Waals surface area contributed by atoms with Crippen molar-refractivity contribution >= 4 is 68.6 Å². The number of aryl methyl sites for hydroxylation is 2. The number of hydrogen-bond donors (Lipinski definition) is 0. The van der Waals surface area contributed by atoms with E-state index in [2.05, 4.69) is 249 Å². The van der Waals surface area contributed by atoms with E-state index >= 15 is 0 Å². The van der Waals surface area contributed by atoms with Crippen molar-refractivity contribution in [2.24, 2.45) is 0 Å². The summed E-state index contributed by atoms with van der Waals surface area (Å²) in [5, 5.41) is 0. The van der Waals surface area contributed by atoms with Gasteiger partial charge in [0.1, 0.15) is 0 Å². The quantitative estimate of drug-likeness (QED) is 0.164. The first kappa shape index (κ1) is 45.3. The van der Waals surface area contributed by atoms with Gasteiger partial charge in [-0.3, -0.25) is 4.98 Å². The maximum Gasteiger partial charge on any atom is 0.252 e. The molecule has 2 unspecified atom stereocenters. The van der Waals surface area contributed by atoms with Crippen molar-refractivity contribution in [1.29, 1.82) is 0 Å². The van der Waals surface area contributed by atoms with Crippen LogP contribution in [0.1, 0.15) is 122 Å². The zero-order valence-electron chi connectivity index (χ0n) is 43.9. The van der Waals surface area contributed by atoms with Gasteiger partial charge in [0.15, 0.2) is 0 Å². The molecule has 0 amide bonds. The van der Waals surface area contributed by atoms with Crippen LogP contribution in [0.3, 0.4) is 0 Å². The monoisotopic (exact) mass is 927 g/mol. The molecule has 0 spiro atoms. The first-order valence-electron chi connectivity index (χ1n) is 25.9. The molecule has 0 fully saturated rings. The molecule has 4 aliphatic rings. The fourth-order valence-electron chi connectivity index (χ4n) is 12.9. The fraction of sp³-hybridized carbons (Fsp3) is 0.288. The molecule has 1 aliphatic carbocycles. The largest absolute Gasteiger partial charge is 0.330 e. The van der Waals surface area contributed by atoms with Crippen LogP contribution in [-0.4, -0.2) is 11.7 Å². The van der Waals surface area contributed by atoms with Gasteiger partial charge in [-0.05, 0) is 177 Å². The normalized spacial score (nSPS) is 18.9. The summed E-state index contributed by atoms with van der Waals surface area (Å²) in [6.45, 7) is 28.2. The van der Waals surface area contributed by atoms with E-state index in [0.29, 0.717) is 0 Å². The summed E-state index contributed by atoms with van der Waals surface area (Å²) in [6.07, 6.45) is 4.00. The van der Waals surface area contributed by atoms with Gasteiger partial charge in [0.05, 0.1) is 11.2 Å². The molecule has 354 valence electrons. The van der Waals surface area contributed by atoms with Crippen LogP contribution in [0, 0.1) is 6.92 Å². The van der Waals surface area contributed by atoms with Crippen LogP contribution in [0.25, 0.3) is 11.3 Å². The van der Waals surface area contributed by atoms with Gasteiger partial charge in [-0.1, -0.05) is 148 Å². The second-order valence-corrected chi connectivity index (χ2v) is 24.5. The zero-order chi connectivity index (χ0) is 49.6. The zero-order valence-corrected chi connectivity index (χ0v) is 43.9. The van der Waals surface area contributed by atoms with E-state index in [1.165, 1.54) is 101 Å². The Morgan fingerprint density at radius 3 is 1.80 bits per heavy atom. The number of fused-ring (bicyclic) bond motifs is 9. The van der Waals surface area contributed by atoms with Gasteiger partial charge in [0, 0.05) is 62.7 Å². The third-order valence-electron chi connectivity index (χ3n) is 17.0. The molecule has 1 aromatic heterocycles. The molecule has 8 aromatic rings. The summed E-state index contributed by atoms with van der Waals surface area (Å²) in [4.78, 5) is 12.7. The summed E-state index contributed by atoms with van der Waals surface area (Å²) in [7, 11) is 0. The Hall–Kier alpha value is -6.85. The van der Waals surface area contributed by atoms with Crippen molar-refractivity contribution in [2.45, 2.75) is 123 Å². The van der Waals surface area contributed by atoms with Gasteiger partial charge in [-0.25, -0.2) is 0 Å². The second-order valence-electron chi connectivity index (χ2n) is 24.5. The van der Waals surface area contributed by atoms with E-state index < -0.39 is 0 Å². The number of benzene rings is 7. The molecule has 0 N–H and O–H groups in total. The van der Waals surface area contributed by atoms with E-state index in [4.69, 9.17) is 4.98 Å². The smallest absolute Gasteiger partial charge is 0.252 e. The third kappa shape index (κ3) is 6.82. The SMILES string of the molecule is Cc1cc2c3c(c1)N(c1cccc(C(C)(C)C)c1)c1cc(C(C)(C)C)ccc1B3c1ccc(N3c4ccc(-c5ccccn5)cc4C4(C)CCc5ccccc5C34C)cc1N2c1ccc(C(C)(C)C)cc1. The predicted octanol–water partition coefficient (Wildman–Crippen LogP) is 15.3. The molecule has 4 nitrogen and oxygen atoms in total. The van der Waals surface area contributed by atoms with E-state index in [0.717, 1.165) is 24.1 Å². The Bertz CT molecular complexity index is 3440. The first-order valence-corrected chi connectivity index (χ1v) is 25.9. The molecule has 3 aliphatic heterocycles. The molecular formula is C66H67BN4. The molecule has 0 bridgehead atoms. The summed E-state index contributed by atoms with van der Waals surface area (Å²) in [6, 6.07) is 61.1. The van der Waals surface area contributed by atoms with Crippen LogP contribution >= 0.6 is 0 Å². The minimum absolute atomic E-state index is 0.00358. The molecule has 7 aromatic carbocycles. The predicted molar refractivity (Wildman–Crippen MR) is 303 cm³/mol. The summed E-state index contributed by atoms with van der Waals surface area (Å²) in [5.74, 6) is 0. The van der Waals surface area contributed by atoms with Gasteiger partial charge in [0.2, 0.25) is 0 Å². The van der Waals surface area contributed by atoms with Crippen LogP contribution < -0.4 is 31.1 Å². The van der Waals surface area contributed by atoms with Crippen molar-refractivity contribution in [1.82, 2.24) is 4.98 Å². The highest BCUT2D eigenvalue weighted by molar-refractivity contribution is 7.00. The molecule has 5 heteroatoms. The number of hydrogen-bond acceptors (Lipinski definition) is 4. The number of aromatic nitrogens is 1. The van der Waals surface area contributed by atoms with Gasteiger partial charge >= 0.3 is 0 Å². The van der Waals surface area contributed by atoms with E-state index in [9.17, 15) is 0 Å². The first-order chi connectivity index (χ1) is 33.8. The van der Waals surface area contributed by atoms with E-state index in [1.807, 2.05) is 12.3 Å². The van der Waals surface area contributed by atoms with E-state index in [-0.39, 0.29) is 33.9 Å². The fourth-order valence-corrected chi connectivity index (χ4v) is 12.9. The second kappa shape index (κ2) is 15.6. The van der Waals surface area contributed by atoms with Crippen molar-refractivity contribution < 1.29 is 0 Å². The molecule has 71 heavy (non-hydrogen) atoms. The minimum Gasteiger partial charge on any atom is -0.330 e. The van der Waals surface area contributed by atoms with E-state index in [1.54, 1.807) is 0 Å². The summed E-state index contributed by atoms with van der Waals surface area (Å²) >= 11 is 0. The highest BCUT2D eigenvalue weighted by atomic mass is 15.3. The van der Waals surface area contributed by atoms with Crippen LogP contribution in [0.2, 0.25) is 0 Å². The Morgan fingerprint density at radius 1 is 0.493 bits per heavy atom. The number of pyridine rings is 1. The highest BCUT2D eigenvalue weighted by Gasteiger charge is 2.60. The molecule has 4 heterocycles. The highest BCUT2D eigenvalue weighted by Crippen LogP contribution is 2.64.